The van der Waals surface area contributed by atoms with E-state index in [0.717, 1.165) is 6.42 Å². The van der Waals surface area contributed by atoms with Gasteiger partial charge in [-0.2, -0.15) is 0 Å². The molecule has 21 heavy (non-hydrogen) atoms. The average Bonchev–Trinajstić information content (AvgIpc) is 2.79. The molecule has 0 radical (unpaired) electrons. The number of halogens is 1. The first kappa shape index (κ1) is 16.4. The average molecular weight is 334 g/mol. The molecule has 0 aliphatic heterocycles. The van der Waals surface area contributed by atoms with Crippen molar-refractivity contribution in [2.75, 3.05) is 6.54 Å². The van der Waals surface area contributed by atoms with E-state index in [4.69, 9.17) is 15.1 Å². The number of hydrogen-bond acceptors (Lipinski definition) is 4. The van der Waals surface area contributed by atoms with E-state index in [9.17, 15) is 13.2 Å². The summed E-state index contributed by atoms with van der Waals surface area (Å²) in [5, 5.41) is 2.82. The first-order chi connectivity index (χ1) is 9.79. The standard InChI is InChI=1S/C14H20ClNO4S/c1-9-5-3-4-6-11(9)8-16-14(17)12-7-13(10(2)20-12)21(15,18)19/h7,9,11H,3-6,8H2,1-2H3,(H,16,17). The molecular weight excluding hydrogens is 314 g/mol. The van der Waals surface area contributed by atoms with Gasteiger partial charge in [0.2, 0.25) is 0 Å². The van der Waals surface area contributed by atoms with Crippen LogP contribution in [-0.2, 0) is 9.05 Å². The van der Waals surface area contributed by atoms with Crippen LogP contribution < -0.4 is 5.32 Å². The Hall–Kier alpha value is -1.01. The van der Waals surface area contributed by atoms with Crippen molar-refractivity contribution in [2.24, 2.45) is 11.8 Å². The summed E-state index contributed by atoms with van der Waals surface area (Å²) in [5.74, 6) is 0.768. The van der Waals surface area contributed by atoms with Gasteiger partial charge in [0.05, 0.1) is 0 Å². The van der Waals surface area contributed by atoms with Crippen molar-refractivity contribution in [3.63, 3.8) is 0 Å². The van der Waals surface area contributed by atoms with Crippen LogP contribution >= 0.6 is 10.7 Å². The summed E-state index contributed by atoms with van der Waals surface area (Å²) >= 11 is 0. The summed E-state index contributed by atoms with van der Waals surface area (Å²) in [4.78, 5) is 11.9. The third kappa shape index (κ3) is 4.01. The minimum absolute atomic E-state index is 0.0183. The normalized spacial score (nSPS) is 23.0. The molecule has 0 bridgehead atoms. The van der Waals surface area contributed by atoms with E-state index in [1.54, 1.807) is 0 Å². The quantitative estimate of drug-likeness (QED) is 0.859. The van der Waals surface area contributed by atoms with Gasteiger partial charge < -0.3 is 9.73 Å². The lowest BCUT2D eigenvalue weighted by Crippen LogP contribution is -2.33. The van der Waals surface area contributed by atoms with Crippen molar-refractivity contribution in [1.29, 1.82) is 0 Å². The molecule has 1 fully saturated rings. The fourth-order valence-electron chi connectivity index (χ4n) is 2.83. The maximum Gasteiger partial charge on any atom is 0.287 e. The van der Waals surface area contributed by atoms with Crippen molar-refractivity contribution in [3.05, 3.63) is 17.6 Å². The predicted molar refractivity (Wildman–Crippen MR) is 79.9 cm³/mol. The monoisotopic (exact) mass is 333 g/mol. The minimum atomic E-state index is -3.89. The molecule has 1 N–H and O–H groups in total. The summed E-state index contributed by atoms with van der Waals surface area (Å²) < 4.78 is 27.8. The fourth-order valence-corrected chi connectivity index (χ4v) is 3.92. The van der Waals surface area contributed by atoms with Gasteiger partial charge in [-0.05, 0) is 25.2 Å². The molecule has 0 aromatic carbocycles. The van der Waals surface area contributed by atoms with Crippen LogP contribution in [0.15, 0.2) is 15.4 Å². The molecule has 7 heteroatoms. The fraction of sp³-hybridized carbons (Fsp3) is 0.643. The van der Waals surface area contributed by atoms with Gasteiger partial charge in [-0.1, -0.05) is 26.2 Å². The van der Waals surface area contributed by atoms with Crippen LogP contribution in [0.4, 0.5) is 0 Å². The molecule has 0 spiro atoms. The van der Waals surface area contributed by atoms with E-state index in [1.165, 1.54) is 32.3 Å². The zero-order valence-corrected chi connectivity index (χ0v) is 13.8. The Morgan fingerprint density at radius 3 is 2.67 bits per heavy atom. The van der Waals surface area contributed by atoms with Crippen LogP contribution in [0.1, 0.15) is 48.9 Å². The number of carbonyl (C=O) groups excluding carboxylic acids is 1. The topological polar surface area (TPSA) is 76.4 Å². The van der Waals surface area contributed by atoms with Crippen molar-refractivity contribution in [3.8, 4) is 0 Å². The number of furan rings is 1. The molecule has 2 unspecified atom stereocenters. The van der Waals surface area contributed by atoms with Gasteiger partial charge in [0.15, 0.2) is 5.76 Å². The maximum absolute atomic E-state index is 12.0. The minimum Gasteiger partial charge on any atom is -0.455 e. The van der Waals surface area contributed by atoms with Crippen molar-refractivity contribution in [1.82, 2.24) is 5.32 Å². The third-order valence-electron chi connectivity index (χ3n) is 4.17. The van der Waals surface area contributed by atoms with E-state index in [2.05, 4.69) is 12.2 Å². The van der Waals surface area contributed by atoms with Crippen LogP contribution in [0.5, 0.6) is 0 Å². The lowest BCUT2D eigenvalue weighted by atomic mass is 9.80. The lowest BCUT2D eigenvalue weighted by Gasteiger charge is -2.28. The Labute approximate surface area is 129 Å². The van der Waals surface area contributed by atoms with Crippen molar-refractivity contribution < 1.29 is 17.6 Å². The second-order valence-corrected chi connectivity index (χ2v) is 8.24. The van der Waals surface area contributed by atoms with E-state index in [0.29, 0.717) is 18.4 Å². The van der Waals surface area contributed by atoms with Crippen LogP contribution in [0.2, 0.25) is 0 Å². The molecule has 2 atom stereocenters. The molecule has 1 aliphatic rings. The molecule has 5 nitrogen and oxygen atoms in total. The van der Waals surface area contributed by atoms with Gasteiger partial charge in [-0.25, -0.2) is 8.42 Å². The Morgan fingerprint density at radius 1 is 1.43 bits per heavy atom. The molecule has 1 aliphatic carbocycles. The van der Waals surface area contributed by atoms with Gasteiger partial charge in [0, 0.05) is 23.3 Å². The SMILES string of the molecule is Cc1oc(C(=O)NCC2CCCCC2C)cc1S(=O)(=O)Cl. The largest absolute Gasteiger partial charge is 0.455 e. The second-order valence-electron chi connectivity index (χ2n) is 5.70. The molecule has 0 saturated heterocycles. The summed E-state index contributed by atoms with van der Waals surface area (Å²) in [6, 6.07) is 1.18. The molecule has 1 aromatic rings. The van der Waals surface area contributed by atoms with Crippen LogP contribution in [-0.4, -0.2) is 20.9 Å². The number of carbonyl (C=O) groups is 1. The highest BCUT2D eigenvalue weighted by molar-refractivity contribution is 8.13. The molecular formula is C14H20ClNO4S. The smallest absolute Gasteiger partial charge is 0.287 e. The van der Waals surface area contributed by atoms with Gasteiger partial charge in [0.1, 0.15) is 10.7 Å². The van der Waals surface area contributed by atoms with Crippen LogP contribution in [0.3, 0.4) is 0 Å². The number of hydrogen-bond donors (Lipinski definition) is 1. The predicted octanol–water partition coefficient (Wildman–Crippen LogP) is 3.07. The zero-order valence-electron chi connectivity index (χ0n) is 12.2. The summed E-state index contributed by atoms with van der Waals surface area (Å²) in [7, 11) is 1.39. The molecule has 1 aromatic heterocycles. The van der Waals surface area contributed by atoms with Crippen molar-refractivity contribution >= 4 is 25.6 Å². The van der Waals surface area contributed by atoms with Gasteiger partial charge in [-0.3, -0.25) is 4.79 Å². The summed E-state index contributed by atoms with van der Waals surface area (Å²) in [6.45, 7) is 4.25. The van der Waals surface area contributed by atoms with E-state index >= 15 is 0 Å². The highest BCUT2D eigenvalue weighted by Crippen LogP contribution is 2.29. The Balaban J connectivity index is 2.01. The number of nitrogens with one attached hydrogen (secondary N) is 1. The Bertz CT molecular complexity index is 623. The molecule has 1 saturated carbocycles. The first-order valence-corrected chi connectivity index (χ1v) is 9.43. The van der Waals surface area contributed by atoms with E-state index in [1.807, 2.05) is 0 Å². The number of aryl methyl sites for hydroxylation is 1. The maximum atomic E-state index is 12.0. The first-order valence-electron chi connectivity index (χ1n) is 7.12. The highest BCUT2D eigenvalue weighted by Gasteiger charge is 2.24. The van der Waals surface area contributed by atoms with Gasteiger partial charge >= 0.3 is 0 Å². The third-order valence-corrected chi connectivity index (χ3v) is 5.60. The summed E-state index contributed by atoms with van der Waals surface area (Å²) in [5.41, 5.74) is 0. The van der Waals surface area contributed by atoms with Gasteiger partial charge in [-0.15, -0.1) is 0 Å². The number of amides is 1. The highest BCUT2D eigenvalue weighted by atomic mass is 35.7. The van der Waals surface area contributed by atoms with Crippen LogP contribution in [0.25, 0.3) is 0 Å². The molecule has 1 amide bonds. The van der Waals surface area contributed by atoms with E-state index in [-0.39, 0.29) is 16.4 Å². The zero-order chi connectivity index (χ0) is 15.6. The van der Waals surface area contributed by atoms with Gasteiger partial charge in [0.25, 0.3) is 15.0 Å². The Morgan fingerprint density at radius 2 is 2.10 bits per heavy atom. The Kier molecular flexibility index (Phi) is 4.99. The lowest BCUT2D eigenvalue weighted by molar-refractivity contribution is 0.0907. The molecule has 1 heterocycles. The molecule has 2 rings (SSSR count). The second kappa shape index (κ2) is 6.40. The van der Waals surface area contributed by atoms with Crippen molar-refractivity contribution in [2.45, 2.75) is 44.4 Å². The summed E-state index contributed by atoms with van der Waals surface area (Å²) in [6.07, 6.45) is 4.74. The van der Waals surface area contributed by atoms with E-state index < -0.39 is 15.0 Å². The van der Waals surface area contributed by atoms with Crippen LogP contribution in [0, 0.1) is 18.8 Å². The number of rotatable bonds is 4. The molecule has 118 valence electrons.